The Balaban J connectivity index is 1.35. The molecule has 4 rings (SSSR count). The molecule has 0 radical (unpaired) electrons. The van der Waals surface area contributed by atoms with E-state index in [1.165, 1.54) is 38.5 Å². The Morgan fingerprint density at radius 3 is 2.50 bits per heavy atom. The molecule has 1 aromatic heterocycles. The fourth-order valence-electron chi connectivity index (χ4n) is 6.27. The molecule has 2 saturated carbocycles. The van der Waals surface area contributed by atoms with Crippen LogP contribution in [0.2, 0.25) is 0 Å². The fourth-order valence-corrected chi connectivity index (χ4v) is 6.27. The number of carboxylic acids is 1. The number of amides is 1. The highest BCUT2D eigenvalue weighted by Crippen LogP contribution is 2.43. The molecule has 34 heavy (non-hydrogen) atoms. The number of carbonyl (C=O) groups excluding carboxylic acids is 1. The van der Waals surface area contributed by atoms with Crippen LogP contribution in [-0.4, -0.2) is 63.9 Å². The van der Waals surface area contributed by atoms with Gasteiger partial charge in [0.1, 0.15) is 5.56 Å². The van der Waals surface area contributed by atoms with Crippen molar-refractivity contribution in [2.75, 3.05) is 26.2 Å². The standard InChI is InChI=1S/C26H42N4O4/c1-3-13-34-25-23(17-27-30(25)12-11-29-9-7-21(8-10-29)26(32)33)24(31)28-18(2)22-15-19-5-4-6-20(14-19)16-22/h17-22H,3-16H2,1-2H3,(H,28,31)(H,32,33). The summed E-state index contributed by atoms with van der Waals surface area (Å²) < 4.78 is 7.79. The molecule has 2 N–H and O–H groups in total. The number of ether oxygens (including phenoxy) is 1. The SMILES string of the molecule is CCCOc1c(C(=O)NC(C)C2CC3CCCC(C3)C2)cnn1CCN1CCC(C(=O)O)CC1. The highest BCUT2D eigenvalue weighted by molar-refractivity contribution is 5.96. The van der Waals surface area contributed by atoms with Gasteiger partial charge in [0, 0.05) is 12.6 Å². The Morgan fingerprint density at radius 1 is 1.15 bits per heavy atom. The molecule has 0 aromatic carbocycles. The van der Waals surface area contributed by atoms with Crippen LogP contribution in [0.25, 0.3) is 0 Å². The number of nitrogens with zero attached hydrogens (tertiary/aromatic N) is 3. The first kappa shape index (κ1) is 25.0. The Kier molecular flexibility index (Phi) is 8.51. The van der Waals surface area contributed by atoms with E-state index in [-0.39, 0.29) is 17.9 Å². The van der Waals surface area contributed by atoms with Crippen molar-refractivity contribution in [3.05, 3.63) is 11.8 Å². The maximum Gasteiger partial charge on any atom is 0.306 e. The number of hydrogen-bond acceptors (Lipinski definition) is 5. The van der Waals surface area contributed by atoms with Gasteiger partial charge in [0.2, 0.25) is 5.88 Å². The van der Waals surface area contributed by atoms with Gasteiger partial charge in [-0.2, -0.15) is 5.10 Å². The van der Waals surface area contributed by atoms with Crippen LogP contribution in [0.1, 0.15) is 82.0 Å². The number of fused-ring (bicyclic) bond motifs is 2. The van der Waals surface area contributed by atoms with Crippen LogP contribution >= 0.6 is 0 Å². The summed E-state index contributed by atoms with van der Waals surface area (Å²) >= 11 is 0. The highest BCUT2D eigenvalue weighted by Gasteiger charge is 2.35. The summed E-state index contributed by atoms with van der Waals surface area (Å²) in [7, 11) is 0. The second-order valence-electron chi connectivity index (χ2n) is 10.8. The second kappa shape index (κ2) is 11.6. The Hall–Kier alpha value is -2.09. The summed E-state index contributed by atoms with van der Waals surface area (Å²) in [6.45, 7) is 7.67. The zero-order valence-electron chi connectivity index (χ0n) is 20.9. The number of aliphatic carboxylic acids is 1. The van der Waals surface area contributed by atoms with E-state index in [0.29, 0.717) is 43.4 Å². The van der Waals surface area contributed by atoms with Gasteiger partial charge < -0.3 is 20.1 Å². The molecule has 1 aromatic rings. The monoisotopic (exact) mass is 474 g/mol. The van der Waals surface area contributed by atoms with E-state index in [0.717, 1.165) is 37.9 Å². The first-order valence-electron chi connectivity index (χ1n) is 13.4. The third kappa shape index (κ3) is 6.12. The topological polar surface area (TPSA) is 96.7 Å². The molecular weight excluding hydrogens is 432 g/mol. The number of piperidine rings is 1. The van der Waals surface area contributed by atoms with E-state index in [9.17, 15) is 14.7 Å². The maximum atomic E-state index is 13.2. The Labute approximate surface area is 203 Å². The first-order valence-corrected chi connectivity index (χ1v) is 13.4. The molecule has 1 aliphatic heterocycles. The van der Waals surface area contributed by atoms with Crippen LogP contribution in [-0.2, 0) is 11.3 Å². The molecule has 8 nitrogen and oxygen atoms in total. The molecule has 2 aliphatic carbocycles. The molecular formula is C26H42N4O4. The fraction of sp³-hybridized carbons (Fsp3) is 0.808. The van der Waals surface area contributed by atoms with E-state index in [2.05, 4.69) is 29.2 Å². The number of rotatable bonds is 10. The van der Waals surface area contributed by atoms with E-state index >= 15 is 0 Å². The number of nitrogens with one attached hydrogen (secondary N) is 1. The predicted octanol–water partition coefficient (Wildman–Crippen LogP) is 3.80. The summed E-state index contributed by atoms with van der Waals surface area (Å²) in [5.41, 5.74) is 0.515. The van der Waals surface area contributed by atoms with Gasteiger partial charge in [0.25, 0.3) is 5.91 Å². The second-order valence-corrected chi connectivity index (χ2v) is 10.8. The molecule has 3 unspecified atom stereocenters. The van der Waals surface area contributed by atoms with Crippen LogP contribution in [0, 0.1) is 23.7 Å². The van der Waals surface area contributed by atoms with Gasteiger partial charge in [0.05, 0.1) is 25.3 Å². The third-order valence-corrected chi connectivity index (χ3v) is 8.27. The van der Waals surface area contributed by atoms with Crippen molar-refractivity contribution < 1.29 is 19.4 Å². The van der Waals surface area contributed by atoms with Gasteiger partial charge in [-0.25, -0.2) is 4.68 Å². The van der Waals surface area contributed by atoms with Crippen molar-refractivity contribution in [3.63, 3.8) is 0 Å². The normalized spacial score (nSPS) is 26.7. The van der Waals surface area contributed by atoms with Gasteiger partial charge in [-0.3, -0.25) is 9.59 Å². The summed E-state index contributed by atoms with van der Waals surface area (Å²) in [5, 5.41) is 17.0. The summed E-state index contributed by atoms with van der Waals surface area (Å²) in [6.07, 6.45) is 11.8. The minimum absolute atomic E-state index is 0.0946. The highest BCUT2D eigenvalue weighted by atomic mass is 16.5. The zero-order valence-corrected chi connectivity index (χ0v) is 20.9. The Morgan fingerprint density at radius 2 is 1.85 bits per heavy atom. The van der Waals surface area contributed by atoms with Crippen molar-refractivity contribution in [1.82, 2.24) is 20.0 Å². The molecule has 3 atom stereocenters. The minimum atomic E-state index is -0.691. The number of carboxylic acid groups (broad SMARTS) is 1. The Bertz CT molecular complexity index is 821. The molecule has 3 fully saturated rings. The maximum absolute atomic E-state index is 13.2. The molecule has 1 amide bonds. The lowest BCUT2D eigenvalue weighted by Gasteiger charge is -2.41. The van der Waals surface area contributed by atoms with Crippen molar-refractivity contribution in [2.24, 2.45) is 23.7 Å². The molecule has 0 spiro atoms. The molecule has 2 bridgehead atoms. The van der Waals surface area contributed by atoms with Crippen molar-refractivity contribution in [1.29, 1.82) is 0 Å². The van der Waals surface area contributed by atoms with Crippen LogP contribution in [0.4, 0.5) is 0 Å². The molecule has 8 heteroatoms. The average Bonchev–Trinajstić information content (AvgIpc) is 3.24. The number of aromatic nitrogens is 2. The van der Waals surface area contributed by atoms with Crippen molar-refractivity contribution in [3.8, 4) is 5.88 Å². The van der Waals surface area contributed by atoms with Crippen LogP contribution in [0.15, 0.2) is 6.20 Å². The zero-order chi connectivity index (χ0) is 24.1. The summed E-state index contributed by atoms with van der Waals surface area (Å²) in [5.74, 6) is 1.76. The first-order chi connectivity index (χ1) is 16.4. The van der Waals surface area contributed by atoms with Crippen molar-refractivity contribution in [2.45, 2.75) is 84.2 Å². The molecule has 190 valence electrons. The largest absolute Gasteiger partial charge is 0.481 e. The lowest BCUT2D eigenvalue weighted by molar-refractivity contribution is -0.143. The summed E-state index contributed by atoms with van der Waals surface area (Å²) in [4.78, 5) is 26.7. The number of carbonyl (C=O) groups is 2. The smallest absolute Gasteiger partial charge is 0.306 e. The predicted molar refractivity (Wildman–Crippen MR) is 130 cm³/mol. The van der Waals surface area contributed by atoms with Crippen LogP contribution in [0.5, 0.6) is 5.88 Å². The number of likely N-dealkylation sites (tertiary alicyclic amines) is 1. The average molecular weight is 475 g/mol. The quantitative estimate of drug-likeness (QED) is 0.535. The third-order valence-electron chi connectivity index (χ3n) is 8.27. The van der Waals surface area contributed by atoms with E-state index < -0.39 is 5.97 Å². The van der Waals surface area contributed by atoms with E-state index in [4.69, 9.17) is 4.74 Å². The van der Waals surface area contributed by atoms with Crippen LogP contribution < -0.4 is 10.1 Å². The van der Waals surface area contributed by atoms with Gasteiger partial charge in [-0.1, -0.05) is 26.2 Å². The molecule has 1 saturated heterocycles. The van der Waals surface area contributed by atoms with Gasteiger partial charge in [-0.05, 0) is 76.3 Å². The summed E-state index contributed by atoms with van der Waals surface area (Å²) in [6, 6.07) is 0.147. The van der Waals surface area contributed by atoms with Gasteiger partial charge >= 0.3 is 5.97 Å². The van der Waals surface area contributed by atoms with Crippen LogP contribution in [0.3, 0.4) is 0 Å². The number of hydrogen-bond donors (Lipinski definition) is 2. The van der Waals surface area contributed by atoms with E-state index in [1.807, 2.05) is 0 Å². The molecule has 3 aliphatic rings. The minimum Gasteiger partial charge on any atom is -0.481 e. The van der Waals surface area contributed by atoms with Crippen molar-refractivity contribution >= 4 is 11.9 Å². The van der Waals surface area contributed by atoms with Gasteiger partial charge in [-0.15, -0.1) is 0 Å². The molecule has 2 heterocycles. The van der Waals surface area contributed by atoms with Gasteiger partial charge in [0.15, 0.2) is 0 Å². The lowest BCUT2D eigenvalue weighted by atomic mass is 9.66. The lowest BCUT2D eigenvalue weighted by Crippen LogP contribution is -2.42. The van der Waals surface area contributed by atoms with E-state index in [1.54, 1.807) is 10.9 Å².